The number of carbonyl (C=O) groups is 2. The van der Waals surface area contributed by atoms with E-state index in [-0.39, 0.29) is 28.8 Å². The highest BCUT2D eigenvalue weighted by Gasteiger charge is 2.34. The lowest BCUT2D eigenvalue weighted by atomic mass is 10.1. The van der Waals surface area contributed by atoms with E-state index in [0.717, 1.165) is 4.31 Å². The third kappa shape index (κ3) is 7.92. The molecule has 0 spiro atoms. The molecule has 0 heterocycles. The average molecular weight is 602 g/mol. The maximum absolute atomic E-state index is 14.1. The van der Waals surface area contributed by atoms with Gasteiger partial charge in [-0.1, -0.05) is 48.0 Å². The largest absolute Gasteiger partial charge is 0.493 e. The smallest absolute Gasteiger partial charge is 0.264 e. The molecule has 0 aromatic heterocycles. The topological polar surface area (TPSA) is 105 Å². The summed E-state index contributed by atoms with van der Waals surface area (Å²) in [5.74, 6) is -0.304. The molecular weight excluding hydrogens is 566 g/mol. The highest BCUT2D eigenvalue weighted by molar-refractivity contribution is 7.92. The number of hydrogen-bond donors (Lipinski definition) is 1. The van der Waals surface area contributed by atoms with Gasteiger partial charge in [-0.3, -0.25) is 13.9 Å². The molecule has 3 aromatic carbocycles. The number of sulfonamides is 1. The molecule has 1 atom stereocenters. The van der Waals surface area contributed by atoms with Crippen molar-refractivity contribution in [3.63, 3.8) is 0 Å². The van der Waals surface area contributed by atoms with Crippen molar-refractivity contribution in [2.75, 3.05) is 25.1 Å². The number of methoxy groups -OCH3 is 2. The third-order valence-corrected chi connectivity index (χ3v) is 8.39. The first-order valence-corrected chi connectivity index (χ1v) is 14.7. The third-order valence-electron chi connectivity index (χ3n) is 6.23. The Bertz CT molecular complexity index is 1480. The predicted molar refractivity (Wildman–Crippen MR) is 160 cm³/mol. The van der Waals surface area contributed by atoms with Crippen molar-refractivity contribution in [1.82, 2.24) is 10.2 Å². The van der Waals surface area contributed by atoms with E-state index >= 15 is 0 Å². The maximum atomic E-state index is 14.1. The highest BCUT2D eigenvalue weighted by Crippen LogP contribution is 2.34. The summed E-state index contributed by atoms with van der Waals surface area (Å²) in [5, 5.41) is 3.31. The van der Waals surface area contributed by atoms with Crippen LogP contribution in [0.15, 0.2) is 77.7 Å². The van der Waals surface area contributed by atoms with Gasteiger partial charge in [0.05, 0.1) is 24.8 Å². The molecule has 0 aliphatic heterocycles. The molecule has 0 radical (unpaired) electrons. The quantitative estimate of drug-likeness (QED) is 0.336. The summed E-state index contributed by atoms with van der Waals surface area (Å²) in [7, 11) is -1.32. The number of nitrogens with one attached hydrogen (secondary N) is 1. The maximum Gasteiger partial charge on any atom is 0.264 e. The molecule has 0 saturated heterocycles. The first kappa shape index (κ1) is 31.8. The van der Waals surface area contributed by atoms with Crippen LogP contribution in [0.5, 0.6) is 11.5 Å². The van der Waals surface area contributed by atoms with Crippen LogP contribution in [0.1, 0.15) is 33.3 Å². The zero-order valence-electron chi connectivity index (χ0n) is 24.0. The normalized spacial score (nSPS) is 12.3. The monoisotopic (exact) mass is 601 g/mol. The molecule has 3 rings (SSSR count). The van der Waals surface area contributed by atoms with Gasteiger partial charge in [-0.15, -0.1) is 0 Å². The molecule has 0 aliphatic rings. The standard InChI is InChI=1S/C30H36ClN3O6S/c1-21(29(36)32-30(2,3)4)33(19-22-12-10-11-15-25(22)31)28(35)20-34(41(37,38)24-13-8-7-9-14-24)23-16-17-26(39-5)27(18-23)40-6/h7-18,21H,19-20H2,1-6H3,(H,32,36)/t21-/m0/s1. The average Bonchev–Trinajstić information content (AvgIpc) is 2.94. The van der Waals surface area contributed by atoms with E-state index in [9.17, 15) is 18.0 Å². The molecule has 0 unspecified atom stereocenters. The second kappa shape index (κ2) is 13.3. The first-order chi connectivity index (χ1) is 19.3. The van der Waals surface area contributed by atoms with Crippen molar-refractivity contribution >= 4 is 39.1 Å². The summed E-state index contributed by atoms with van der Waals surface area (Å²) in [6.07, 6.45) is 0. The van der Waals surface area contributed by atoms with Crippen LogP contribution in [-0.4, -0.2) is 57.5 Å². The van der Waals surface area contributed by atoms with Gasteiger partial charge in [-0.2, -0.15) is 0 Å². The number of carbonyl (C=O) groups excluding carboxylic acids is 2. The van der Waals surface area contributed by atoms with Gasteiger partial charge >= 0.3 is 0 Å². The van der Waals surface area contributed by atoms with Crippen molar-refractivity contribution in [3.05, 3.63) is 83.4 Å². The van der Waals surface area contributed by atoms with Gasteiger partial charge < -0.3 is 19.7 Å². The predicted octanol–water partition coefficient (Wildman–Crippen LogP) is 4.88. The molecule has 0 saturated carbocycles. The minimum absolute atomic E-state index is 0.00115. The van der Waals surface area contributed by atoms with Crippen LogP contribution in [0.3, 0.4) is 0 Å². The Balaban J connectivity index is 2.09. The van der Waals surface area contributed by atoms with Crippen LogP contribution in [0.25, 0.3) is 0 Å². The molecule has 220 valence electrons. The van der Waals surface area contributed by atoms with Crippen molar-refractivity contribution < 1.29 is 27.5 Å². The lowest BCUT2D eigenvalue weighted by Gasteiger charge is -2.33. The lowest BCUT2D eigenvalue weighted by Crippen LogP contribution is -2.54. The van der Waals surface area contributed by atoms with Crippen LogP contribution in [0.2, 0.25) is 5.02 Å². The van der Waals surface area contributed by atoms with Gasteiger partial charge in [0.2, 0.25) is 11.8 Å². The van der Waals surface area contributed by atoms with Gasteiger partial charge in [0.25, 0.3) is 10.0 Å². The Kier molecular flexibility index (Phi) is 10.3. The summed E-state index contributed by atoms with van der Waals surface area (Å²) >= 11 is 6.41. The minimum atomic E-state index is -4.22. The minimum Gasteiger partial charge on any atom is -0.493 e. The molecule has 11 heteroatoms. The Morgan fingerprint density at radius 2 is 1.54 bits per heavy atom. The summed E-state index contributed by atoms with van der Waals surface area (Å²) < 4.78 is 39.6. The van der Waals surface area contributed by atoms with Gasteiger partial charge in [0, 0.05) is 23.2 Å². The van der Waals surface area contributed by atoms with Crippen molar-refractivity contribution in [2.24, 2.45) is 0 Å². The summed E-state index contributed by atoms with van der Waals surface area (Å²) in [6, 6.07) is 18.4. The summed E-state index contributed by atoms with van der Waals surface area (Å²) in [4.78, 5) is 28.6. The molecular formula is C30H36ClN3O6S. The Morgan fingerprint density at radius 1 is 0.927 bits per heavy atom. The number of halogens is 1. The number of nitrogens with zero attached hydrogens (tertiary/aromatic N) is 2. The second-order valence-corrected chi connectivity index (χ2v) is 12.7. The first-order valence-electron chi connectivity index (χ1n) is 12.9. The van der Waals surface area contributed by atoms with Gasteiger partial charge in [0.15, 0.2) is 11.5 Å². The number of rotatable bonds is 11. The van der Waals surface area contributed by atoms with E-state index in [1.807, 2.05) is 20.8 Å². The van der Waals surface area contributed by atoms with E-state index in [1.54, 1.807) is 55.5 Å². The lowest BCUT2D eigenvalue weighted by molar-refractivity contribution is -0.140. The molecule has 9 nitrogen and oxygen atoms in total. The van der Waals surface area contributed by atoms with Crippen molar-refractivity contribution in [3.8, 4) is 11.5 Å². The fraction of sp³-hybridized carbons (Fsp3) is 0.333. The molecule has 41 heavy (non-hydrogen) atoms. The molecule has 2 amide bonds. The van der Waals surface area contributed by atoms with Crippen LogP contribution >= 0.6 is 11.6 Å². The van der Waals surface area contributed by atoms with Crippen molar-refractivity contribution in [2.45, 2.75) is 50.7 Å². The number of benzene rings is 3. The fourth-order valence-corrected chi connectivity index (χ4v) is 5.72. The van der Waals surface area contributed by atoms with Crippen LogP contribution < -0.4 is 19.1 Å². The van der Waals surface area contributed by atoms with Gasteiger partial charge in [-0.25, -0.2) is 8.42 Å². The fourth-order valence-electron chi connectivity index (χ4n) is 4.10. The number of anilines is 1. The SMILES string of the molecule is COc1ccc(N(CC(=O)N(Cc2ccccc2Cl)[C@@H](C)C(=O)NC(C)(C)C)S(=O)(=O)c2ccccc2)cc1OC. The van der Waals surface area contributed by atoms with Crippen LogP contribution in [0, 0.1) is 0 Å². The second-order valence-electron chi connectivity index (χ2n) is 10.4. The van der Waals surface area contributed by atoms with Gasteiger partial charge in [-0.05, 0) is 63.6 Å². The molecule has 0 fully saturated rings. The van der Waals surface area contributed by atoms with E-state index in [4.69, 9.17) is 21.1 Å². The number of ether oxygens (including phenoxy) is 2. The Hall–Kier alpha value is -3.76. The Morgan fingerprint density at radius 3 is 2.12 bits per heavy atom. The molecule has 1 N–H and O–H groups in total. The molecule has 3 aromatic rings. The van der Waals surface area contributed by atoms with Crippen LogP contribution in [0.4, 0.5) is 5.69 Å². The van der Waals surface area contributed by atoms with Gasteiger partial charge in [0.1, 0.15) is 12.6 Å². The molecule has 0 bridgehead atoms. The number of amides is 2. The molecule has 0 aliphatic carbocycles. The van der Waals surface area contributed by atoms with E-state index < -0.39 is 34.1 Å². The van der Waals surface area contributed by atoms with E-state index in [2.05, 4.69) is 5.32 Å². The van der Waals surface area contributed by atoms with Crippen molar-refractivity contribution in [1.29, 1.82) is 0 Å². The summed E-state index contributed by atoms with van der Waals surface area (Å²) in [5.41, 5.74) is 0.248. The number of hydrogen-bond acceptors (Lipinski definition) is 6. The van der Waals surface area contributed by atoms with E-state index in [1.165, 1.54) is 43.4 Å². The zero-order chi connectivity index (χ0) is 30.4. The van der Waals surface area contributed by atoms with Crippen LogP contribution in [-0.2, 0) is 26.2 Å². The Labute approximate surface area is 247 Å². The zero-order valence-corrected chi connectivity index (χ0v) is 25.6. The highest BCUT2D eigenvalue weighted by atomic mass is 35.5. The van der Waals surface area contributed by atoms with E-state index in [0.29, 0.717) is 16.3 Å². The summed E-state index contributed by atoms with van der Waals surface area (Å²) in [6.45, 7) is 6.50.